The number of hydrogen-bond donors (Lipinski definition) is 2. The Labute approximate surface area is 166 Å². The molecule has 0 saturated heterocycles. The van der Waals surface area contributed by atoms with Crippen LogP contribution in [0.1, 0.15) is 43.9 Å². The number of carbonyl (C=O) groups is 2. The number of para-hydroxylation sites is 1. The summed E-state index contributed by atoms with van der Waals surface area (Å²) in [5.74, 6) is -0.435. The van der Waals surface area contributed by atoms with E-state index in [9.17, 15) is 9.59 Å². The number of rotatable bonds is 7. The Morgan fingerprint density at radius 3 is 2.64 bits per heavy atom. The van der Waals surface area contributed by atoms with Gasteiger partial charge in [0.1, 0.15) is 11.3 Å². The van der Waals surface area contributed by atoms with Gasteiger partial charge in [0, 0.05) is 18.5 Å². The predicted molar refractivity (Wildman–Crippen MR) is 110 cm³/mol. The molecule has 6 nitrogen and oxygen atoms in total. The Kier molecular flexibility index (Phi) is 6.87. The van der Waals surface area contributed by atoms with Gasteiger partial charge in [0.05, 0.1) is 6.04 Å². The Morgan fingerprint density at radius 1 is 1.14 bits per heavy atom. The molecule has 0 bridgehead atoms. The first-order chi connectivity index (χ1) is 13.5. The molecule has 1 aliphatic rings. The lowest BCUT2D eigenvalue weighted by molar-refractivity contribution is -0.139. The fraction of sp³-hybridized carbons (Fsp3) is 0.455. The van der Waals surface area contributed by atoms with E-state index in [2.05, 4.69) is 16.7 Å². The van der Waals surface area contributed by atoms with E-state index >= 15 is 0 Å². The third-order valence-electron chi connectivity index (χ3n) is 5.18. The molecule has 0 spiro atoms. The quantitative estimate of drug-likeness (QED) is 0.569. The second-order valence-corrected chi connectivity index (χ2v) is 7.49. The highest BCUT2D eigenvalue weighted by Gasteiger charge is 2.21. The first kappa shape index (κ1) is 20.1. The highest BCUT2D eigenvalue weighted by atomic mass is 16.3. The van der Waals surface area contributed by atoms with Crippen LogP contribution in [0, 0.1) is 0 Å². The molecule has 0 fully saturated rings. The zero-order chi connectivity index (χ0) is 19.9. The molecule has 2 aromatic rings. The number of amides is 2. The summed E-state index contributed by atoms with van der Waals surface area (Å²) in [5.41, 5.74) is 2.19. The number of nitrogens with zero attached hydrogens (tertiary/aromatic N) is 1. The van der Waals surface area contributed by atoms with E-state index in [1.54, 1.807) is 0 Å². The standard InChI is InChI=1S/C22H29N3O3/c1-25(2)18(20-14-17-10-6-7-11-19(17)28-20)15-24-22(27)21(26)23-13-12-16-8-4-3-5-9-16/h6-8,10-11,14,18H,3-5,9,12-13,15H2,1-2H3,(H,23,26)(H,24,27). The normalized spacial score (nSPS) is 15.3. The topological polar surface area (TPSA) is 74.6 Å². The minimum absolute atomic E-state index is 0.156. The zero-order valence-corrected chi connectivity index (χ0v) is 16.7. The maximum Gasteiger partial charge on any atom is 0.309 e. The van der Waals surface area contributed by atoms with Gasteiger partial charge in [-0.1, -0.05) is 29.8 Å². The van der Waals surface area contributed by atoms with Crippen molar-refractivity contribution in [3.05, 3.63) is 47.7 Å². The lowest BCUT2D eigenvalue weighted by Crippen LogP contribution is -2.43. The highest BCUT2D eigenvalue weighted by Crippen LogP contribution is 2.26. The molecule has 0 saturated carbocycles. The van der Waals surface area contributed by atoms with Crippen molar-refractivity contribution < 1.29 is 14.0 Å². The van der Waals surface area contributed by atoms with E-state index in [-0.39, 0.29) is 6.04 Å². The average Bonchev–Trinajstić information content (AvgIpc) is 3.12. The lowest BCUT2D eigenvalue weighted by atomic mass is 9.97. The van der Waals surface area contributed by atoms with Gasteiger partial charge in [-0.3, -0.25) is 14.5 Å². The van der Waals surface area contributed by atoms with E-state index in [1.807, 2.05) is 49.3 Å². The summed E-state index contributed by atoms with van der Waals surface area (Å²) < 4.78 is 5.92. The van der Waals surface area contributed by atoms with Gasteiger partial charge in [-0.25, -0.2) is 0 Å². The van der Waals surface area contributed by atoms with Crippen LogP contribution in [-0.2, 0) is 9.59 Å². The number of fused-ring (bicyclic) bond motifs is 1. The molecule has 150 valence electrons. The van der Waals surface area contributed by atoms with Crippen LogP contribution in [0.2, 0.25) is 0 Å². The fourth-order valence-electron chi connectivity index (χ4n) is 3.52. The summed E-state index contributed by atoms with van der Waals surface area (Å²) in [4.78, 5) is 26.2. The molecule has 1 aromatic carbocycles. The van der Waals surface area contributed by atoms with Crippen LogP contribution < -0.4 is 10.6 Å². The molecule has 28 heavy (non-hydrogen) atoms. The SMILES string of the molecule is CN(C)C(CNC(=O)C(=O)NCCC1=CCCCC1)c1cc2ccccc2o1. The van der Waals surface area contributed by atoms with E-state index in [0.717, 1.165) is 36.0 Å². The van der Waals surface area contributed by atoms with Gasteiger partial charge in [-0.15, -0.1) is 0 Å². The first-order valence-electron chi connectivity index (χ1n) is 9.93. The van der Waals surface area contributed by atoms with Gasteiger partial charge in [-0.2, -0.15) is 0 Å². The summed E-state index contributed by atoms with van der Waals surface area (Å²) in [6.07, 6.45) is 7.76. The minimum Gasteiger partial charge on any atom is -0.459 e. The summed E-state index contributed by atoms with van der Waals surface area (Å²) in [5, 5.41) is 6.46. The van der Waals surface area contributed by atoms with Crippen LogP contribution in [0.5, 0.6) is 0 Å². The van der Waals surface area contributed by atoms with Crippen molar-refractivity contribution >= 4 is 22.8 Å². The molecular formula is C22H29N3O3. The molecule has 0 aliphatic heterocycles. The van der Waals surface area contributed by atoms with Gasteiger partial charge in [-0.05, 0) is 58.3 Å². The number of allylic oxidation sites excluding steroid dienone is 1. The Morgan fingerprint density at radius 2 is 1.93 bits per heavy atom. The molecule has 1 unspecified atom stereocenters. The lowest BCUT2D eigenvalue weighted by Gasteiger charge is -2.22. The molecule has 2 amide bonds. The maximum atomic E-state index is 12.2. The fourth-order valence-corrected chi connectivity index (χ4v) is 3.52. The van der Waals surface area contributed by atoms with Crippen molar-refractivity contribution in [2.75, 3.05) is 27.2 Å². The van der Waals surface area contributed by atoms with Crippen molar-refractivity contribution in [2.24, 2.45) is 0 Å². The smallest absolute Gasteiger partial charge is 0.309 e. The van der Waals surface area contributed by atoms with Crippen LogP contribution in [0.25, 0.3) is 11.0 Å². The third kappa shape index (κ3) is 5.23. The largest absolute Gasteiger partial charge is 0.459 e. The Hall–Kier alpha value is -2.60. The van der Waals surface area contributed by atoms with Crippen LogP contribution >= 0.6 is 0 Å². The molecule has 1 atom stereocenters. The predicted octanol–water partition coefficient (Wildman–Crippen LogP) is 3.16. The molecule has 1 aromatic heterocycles. The summed E-state index contributed by atoms with van der Waals surface area (Å²) in [6.45, 7) is 0.795. The average molecular weight is 383 g/mol. The Balaban J connectivity index is 1.50. The molecular weight excluding hydrogens is 354 g/mol. The van der Waals surface area contributed by atoms with Crippen molar-refractivity contribution in [1.29, 1.82) is 0 Å². The molecule has 0 radical (unpaired) electrons. The van der Waals surface area contributed by atoms with Crippen LogP contribution in [0.15, 0.2) is 46.4 Å². The summed E-state index contributed by atoms with van der Waals surface area (Å²) >= 11 is 0. The Bertz CT molecular complexity index is 821. The molecule has 1 aliphatic carbocycles. The van der Waals surface area contributed by atoms with Crippen LogP contribution in [0.4, 0.5) is 0 Å². The number of hydrogen-bond acceptors (Lipinski definition) is 4. The van der Waals surface area contributed by atoms with Gasteiger partial charge in [0.2, 0.25) is 0 Å². The van der Waals surface area contributed by atoms with E-state index in [1.165, 1.54) is 18.4 Å². The van der Waals surface area contributed by atoms with Crippen molar-refractivity contribution in [3.63, 3.8) is 0 Å². The molecule has 2 N–H and O–H groups in total. The maximum absolute atomic E-state index is 12.2. The highest BCUT2D eigenvalue weighted by molar-refractivity contribution is 6.35. The minimum atomic E-state index is -0.611. The number of benzene rings is 1. The zero-order valence-electron chi connectivity index (χ0n) is 16.7. The van der Waals surface area contributed by atoms with Gasteiger partial charge in [0.15, 0.2) is 0 Å². The van der Waals surface area contributed by atoms with E-state index in [4.69, 9.17) is 4.42 Å². The second kappa shape index (κ2) is 9.55. The molecule has 1 heterocycles. The number of likely N-dealkylation sites (N-methyl/N-ethyl adjacent to an activating group) is 1. The number of carbonyl (C=O) groups excluding carboxylic acids is 2. The van der Waals surface area contributed by atoms with Gasteiger partial charge < -0.3 is 15.1 Å². The van der Waals surface area contributed by atoms with Crippen molar-refractivity contribution in [3.8, 4) is 0 Å². The van der Waals surface area contributed by atoms with Crippen molar-refractivity contribution in [1.82, 2.24) is 15.5 Å². The van der Waals surface area contributed by atoms with E-state index in [0.29, 0.717) is 13.1 Å². The van der Waals surface area contributed by atoms with Crippen molar-refractivity contribution in [2.45, 2.75) is 38.1 Å². The van der Waals surface area contributed by atoms with Crippen LogP contribution in [-0.4, -0.2) is 43.9 Å². The molecule has 3 rings (SSSR count). The number of furan rings is 1. The first-order valence-corrected chi connectivity index (χ1v) is 9.93. The second-order valence-electron chi connectivity index (χ2n) is 7.49. The monoisotopic (exact) mass is 383 g/mol. The van der Waals surface area contributed by atoms with Gasteiger partial charge in [0.25, 0.3) is 0 Å². The number of nitrogens with one attached hydrogen (secondary N) is 2. The molecule has 6 heteroatoms. The van der Waals surface area contributed by atoms with Gasteiger partial charge >= 0.3 is 11.8 Å². The summed E-state index contributed by atoms with van der Waals surface area (Å²) in [7, 11) is 3.84. The summed E-state index contributed by atoms with van der Waals surface area (Å²) in [6, 6.07) is 9.61. The third-order valence-corrected chi connectivity index (χ3v) is 5.18. The van der Waals surface area contributed by atoms with E-state index < -0.39 is 11.8 Å². The van der Waals surface area contributed by atoms with Crippen LogP contribution in [0.3, 0.4) is 0 Å².